The highest BCUT2D eigenvalue weighted by Gasteiger charge is 2.36. The average Bonchev–Trinajstić information content (AvgIpc) is 3.11. The highest BCUT2D eigenvalue weighted by atomic mass is 35.5. The number of nitrogens with one attached hydrogen (secondary N) is 1. The quantitative estimate of drug-likeness (QED) is 0.156. The molecular formula is C37H42ClN3O8S. The maximum Gasteiger partial charge on any atom is 0.265 e. The van der Waals surface area contributed by atoms with Gasteiger partial charge in [-0.05, 0) is 61.4 Å². The summed E-state index contributed by atoms with van der Waals surface area (Å²) < 4.78 is 52.0. The Balaban J connectivity index is 1.90. The van der Waals surface area contributed by atoms with Gasteiger partial charge < -0.3 is 29.2 Å². The maximum absolute atomic E-state index is 14.8. The molecule has 2 amide bonds. The molecule has 4 rings (SSSR count). The van der Waals surface area contributed by atoms with Gasteiger partial charge in [-0.2, -0.15) is 0 Å². The fourth-order valence-corrected chi connectivity index (χ4v) is 7.02. The summed E-state index contributed by atoms with van der Waals surface area (Å²) in [6.45, 7) is 2.91. The van der Waals surface area contributed by atoms with Crippen LogP contribution >= 0.6 is 11.6 Å². The normalized spacial score (nSPS) is 11.8. The number of methoxy groups -OCH3 is 4. The number of amides is 2. The summed E-state index contributed by atoms with van der Waals surface area (Å²) in [7, 11) is 1.16. The van der Waals surface area contributed by atoms with E-state index in [9.17, 15) is 18.0 Å². The number of carbonyl (C=O) groups excluding carboxylic acids is 2. The van der Waals surface area contributed by atoms with E-state index in [-0.39, 0.29) is 41.1 Å². The molecule has 0 aromatic heterocycles. The zero-order valence-electron chi connectivity index (χ0n) is 28.9. The first kappa shape index (κ1) is 37.9. The largest absolute Gasteiger partial charge is 0.497 e. The Morgan fingerprint density at radius 2 is 1.42 bits per heavy atom. The van der Waals surface area contributed by atoms with Crippen molar-refractivity contribution >= 4 is 39.1 Å². The Kier molecular flexibility index (Phi) is 13.0. The zero-order valence-corrected chi connectivity index (χ0v) is 30.5. The first-order valence-electron chi connectivity index (χ1n) is 15.8. The van der Waals surface area contributed by atoms with E-state index in [1.165, 1.54) is 57.6 Å². The van der Waals surface area contributed by atoms with Crippen molar-refractivity contribution < 1.29 is 37.0 Å². The van der Waals surface area contributed by atoms with Crippen molar-refractivity contribution in [3.8, 4) is 23.0 Å². The predicted octanol–water partition coefficient (Wildman–Crippen LogP) is 5.73. The lowest BCUT2D eigenvalue weighted by molar-refractivity contribution is -0.140. The standard InChI is InChI=1S/C37H42ClN3O8S/c1-25(2)39-37(43)32(20-26-11-8-7-9-12-26)40(23-27-13-10-14-28(38)19-27)36(42)24-41(31-21-29(46-3)15-17-33(31)47-4)50(44,45)30-16-18-34(48-5)35(22-30)49-6/h7-19,21-22,25,32H,20,23-24H2,1-6H3,(H,39,43)/t32-/m0/s1. The lowest BCUT2D eigenvalue weighted by Gasteiger charge is -2.34. The van der Waals surface area contributed by atoms with Crippen molar-refractivity contribution in [2.75, 3.05) is 39.3 Å². The van der Waals surface area contributed by atoms with Crippen molar-refractivity contribution in [3.63, 3.8) is 0 Å². The molecular weight excluding hydrogens is 682 g/mol. The Labute approximate surface area is 298 Å². The van der Waals surface area contributed by atoms with Crippen LogP contribution in [0.15, 0.2) is 95.9 Å². The van der Waals surface area contributed by atoms with Crippen LogP contribution in [0.2, 0.25) is 5.02 Å². The number of anilines is 1. The molecule has 0 spiro atoms. The van der Waals surface area contributed by atoms with Crippen LogP contribution in [0.3, 0.4) is 0 Å². The Hall–Kier alpha value is -4.94. The monoisotopic (exact) mass is 723 g/mol. The van der Waals surface area contributed by atoms with Gasteiger partial charge in [0, 0.05) is 36.2 Å². The molecule has 0 radical (unpaired) electrons. The second-order valence-electron chi connectivity index (χ2n) is 11.6. The summed E-state index contributed by atoms with van der Waals surface area (Å²) in [6, 6.07) is 23.8. The minimum atomic E-state index is -4.51. The molecule has 4 aromatic carbocycles. The van der Waals surface area contributed by atoms with Crippen LogP contribution in [0.25, 0.3) is 0 Å². The summed E-state index contributed by atoms with van der Waals surface area (Å²) in [5, 5.41) is 3.38. The highest BCUT2D eigenvalue weighted by molar-refractivity contribution is 7.92. The number of benzene rings is 4. The van der Waals surface area contributed by atoms with E-state index in [0.717, 1.165) is 9.87 Å². The summed E-state index contributed by atoms with van der Waals surface area (Å²) in [5.41, 5.74) is 1.50. The van der Waals surface area contributed by atoms with E-state index in [4.69, 9.17) is 30.5 Å². The molecule has 0 fully saturated rings. The van der Waals surface area contributed by atoms with Crippen LogP contribution in [0.5, 0.6) is 23.0 Å². The summed E-state index contributed by atoms with van der Waals surface area (Å²) in [6.07, 6.45) is 0.163. The molecule has 1 atom stereocenters. The second-order valence-corrected chi connectivity index (χ2v) is 13.9. The maximum atomic E-state index is 14.8. The third-order valence-electron chi connectivity index (χ3n) is 7.82. The van der Waals surface area contributed by atoms with E-state index >= 15 is 0 Å². The average molecular weight is 724 g/mol. The molecule has 4 aromatic rings. The van der Waals surface area contributed by atoms with Gasteiger partial charge in [0.05, 0.1) is 39.0 Å². The zero-order chi connectivity index (χ0) is 36.4. The van der Waals surface area contributed by atoms with E-state index in [2.05, 4.69) is 5.32 Å². The third-order valence-corrected chi connectivity index (χ3v) is 9.81. The molecule has 0 saturated heterocycles. The Morgan fingerprint density at radius 3 is 2.04 bits per heavy atom. The van der Waals surface area contributed by atoms with Gasteiger partial charge in [-0.15, -0.1) is 0 Å². The van der Waals surface area contributed by atoms with Crippen LogP contribution in [0.1, 0.15) is 25.0 Å². The molecule has 50 heavy (non-hydrogen) atoms. The lowest BCUT2D eigenvalue weighted by Crippen LogP contribution is -2.54. The number of hydrogen-bond acceptors (Lipinski definition) is 8. The van der Waals surface area contributed by atoms with Crippen LogP contribution in [-0.2, 0) is 32.6 Å². The molecule has 0 heterocycles. The lowest BCUT2D eigenvalue weighted by atomic mass is 10.0. The van der Waals surface area contributed by atoms with Crippen molar-refractivity contribution in [2.24, 2.45) is 0 Å². The fraction of sp³-hybridized carbons (Fsp3) is 0.297. The van der Waals surface area contributed by atoms with Gasteiger partial charge in [-0.3, -0.25) is 13.9 Å². The molecule has 266 valence electrons. The van der Waals surface area contributed by atoms with E-state index in [0.29, 0.717) is 22.1 Å². The summed E-state index contributed by atoms with van der Waals surface area (Å²) >= 11 is 6.33. The predicted molar refractivity (Wildman–Crippen MR) is 193 cm³/mol. The Morgan fingerprint density at radius 1 is 0.760 bits per heavy atom. The van der Waals surface area contributed by atoms with Gasteiger partial charge in [-0.1, -0.05) is 54.1 Å². The highest BCUT2D eigenvalue weighted by Crippen LogP contribution is 2.38. The number of rotatable bonds is 16. The molecule has 1 N–H and O–H groups in total. The fourth-order valence-electron chi connectivity index (χ4n) is 5.38. The van der Waals surface area contributed by atoms with Gasteiger partial charge in [0.2, 0.25) is 11.8 Å². The molecule has 0 saturated carbocycles. The minimum Gasteiger partial charge on any atom is -0.497 e. The number of nitrogens with zero attached hydrogens (tertiary/aromatic N) is 2. The van der Waals surface area contributed by atoms with Crippen molar-refractivity contribution in [2.45, 2.75) is 43.8 Å². The molecule has 0 aliphatic rings. The number of halogens is 1. The number of sulfonamides is 1. The Bertz CT molecular complexity index is 1890. The van der Waals surface area contributed by atoms with Gasteiger partial charge in [0.15, 0.2) is 11.5 Å². The number of ether oxygens (including phenoxy) is 4. The second kappa shape index (κ2) is 17.1. The number of hydrogen-bond donors (Lipinski definition) is 1. The van der Waals surface area contributed by atoms with Crippen LogP contribution in [0, 0.1) is 0 Å². The molecule has 11 nitrogen and oxygen atoms in total. The van der Waals surface area contributed by atoms with Crippen molar-refractivity contribution in [1.29, 1.82) is 0 Å². The SMILES string of the molecule is COc1ccc(OC)c(N(CC(=O)N(Cc2cccc(Cl)c2)[C@@H](Cc2ccccc2)C(=O)NC(C)C)S(=O)(=O)c2ccc(OC)c(OC)c2)c1. The molecule has 0 aliphatic heterocycles. The van der Waals surface area contributed by atoms with Gasteiger partial charge >= 0.3 is 0 Å². The van der Waals surface area contributed by atoms with Gasteiger partial charge in [-0.25, -0.2) is 8.42 Å². The number of carbonyl (C=O) groups is 2. The van der Waals surface area contributed by atoms with Gasteiger partial charge in [0.25, 0.3) is 10.0 Å². The van der Waals surface area contributed by atoms with Crippen LogP contribution < -0.4 is 28.6 Å². The first-order valence-corrected chi connectivity index (χ1v) is 17.6. The van der Waals surface area contributed by atoms with Crippen molar-refractivity contribution in [1.82, 2.24) is 10.2 Å². The molecule has 0 aliphatic carbocycles. The van der Waals surface area contributed by atoms with E-state index < -0.39 is 34.4 Å². The van der Waals surface area contributed by atoms with Gasteiger partial charge in [0.1, 0.15) is 24.1 Å². The topological polar surface area (TPSA) is 124 Å². The van der Waals surface area contributed by atoms with Crippen LogP contribution in [-0.4, -0.2) is 72.2 Å². The van der Waals surface area contributed by atoms with Crippen molar-refractivity contribution in [3.05, 3.63) is 107 Å². The molecule has 0 unspecified atom stereocenters. The third kappa shape index (κ3) is 9.19. The summed E-state index contributed by atoms with van der Waals surface area (Å²) in [5.74, 6) is -0.0579. The molecule has 0 bridgehead atoms. The van der Waals surface area contributed by atoms with E-state index in [1.807, 2.05) is 44.2 Å². The van der Waals surface area contributed by atoms with Crippen LogP contribution in [0.4, 0.5) is 5.69 Å². The molecule has 13 heteroatoms. The minimum absolute atomic E-state index is 0.0398. The smallest absolute Gasteiger partial charge is 0.265 e. The van der Waals surface area contributed by atoms with E-state index in [1.54, 1.807) is 36.4 Å². The first-order chi connectivity index (χ1) is 23.9. The summed E-state index contributed by atoms with van der Waals surface area (Å²) in [4.78, 5) is 29.9.